The molecule has 2 atom stereocenters. The summed E-state index contributed by atoms with van der Waals surface area (Å²) in [5.41, 5.74) is -0.00241. The van der Waals surface area contributed by atoms with E-state index in [1.807, 2.05) is 0 Å². The maximum absolute atomic E-state index is 12.1. The molecule has 0 aliphatic carbocycles. The van der Waals surface area contributed by atoms with Crippen LogP contribution in [0.25, 0.3) is 0 Å². The molecule has 22 heavy (non-hydrogen) atoms. The van der Waals surface area contributed by atoms with E-state index in [-0.39, 0.29) is 34.6 Å². The van der Waals surface area contributed by atoms with E-state index in [1.54, 1.807) is 14.0 Å². The molecular weight excluding hydrogens is 276 g/mol. The molecule has 0 heterocycles. The largest absolute Gasteiger partial charge is 0.359 e. The molecule has 4 nitrogen and oxygen atoms in total. The van der Waals surface area contributed by atoms with Crippen molar-refractivity contribution in [2.75, 3.05) is 7.05 Å². The average Bonchev–Trinajstić information content (AvgIpc) is 2.38. The Kier molecular flexibility index (Phi) is 8.13. The summed E-state index contributed by atoms with van der Waals surface area (Å²) in [6.07, 6.45) is 3.78. The lowest BCUT2D eigenvalue weighted by molar-refractivity contribution is -0.128. The quantitative estimate of drug-likeness (QED) is 0.720. The lowest BCUT2D eigenvalue weighted by Crippen LogP contribution is -2.44. The van der Waals surface area contributed by atoms with Crippen molar-refractivity contribution in [2.45, 2.75) is 80.2 Å². The summed E-state index contributed by atoms with van der Waals surface area (Å²) < 4.78 is 0. The molecule has 0 saturated carbocycles. The van der Waals surface area contributed by atoms with Gasteiger partial charge in [0.1, 0.15) is 0 Å². The van der Waals surface area contributed by atoms with Gasteiger partial charge in [0, 0.05) is 25.9 Å². The first-order valence-corrected chi connectivity index (χ1v) is 8.44. The minimum absolute atomic E-state index is 0.0224. The monoisotopic (exact) mass is 312 g/mol. The van der Waals surface area contributed by atoms with Gasteiger partial charge in [0.15, 0.2) is 0 Å². The molecule has 0 spiro atoms. The molecule has 0 aromatic heterocycles. The highest BCUT2D eigenvalue weighted by atomic mass is 16.2. The van der Waals surface area contributed by atoms with Crippen LogP contribution >= 0.6 is 0 Å². The maximum Gasteiger partial charge on any atom is 0.223 e. The minimum Gasteiger partial charge on any atom is -0.359 e. The average molecular weight is 312 g/mol. The van der Waals surface area contributed by atoms with E-state index in [2.05, 4.69) is 52.2 Å². The van der Waals surface area contributed by atoms with Crippen molar-refractivity contribution in [3.63, 3.8) is 0 Å². The SMILES string of the molecule is CCC(NC(C)=O)C(C)(C)CCCC(C(=O)NC)C(C)(C)C. The van der Waals surface area contributed by atoms with Crippen LogP contribution in [-0.2, 0) is 9.59 Å². The second-order valence-corrected chi connectivity index (χ2v) is 8.08. The Bertz CT molecular complexity index is 370. The van der Waals surface area contributed by atoms with Gasteiger partial charge in [0.05, 0.1) is 0 Å². The Morgan fingerprint density at radius 2 is 1.64 bits per heavy atom. The van der Waals surface area contributed by atoms with Gasteiger partial charge >= 0.3 is 0 Å². The van der Waals surface area contributed by atoms with Crippen LogP contribution in [0.2, 0.25) is 0 Å². The van der Waals surface area contributed by atoms with Gasteiger partial charge in [-0.15, -0.1) is 0 Å². The summed E-state index contributed by atoms with van der Waals surface area (Å²) in [6, 6.07) is 0.179. The number of amides is 2. The van der Waals surface area contributed by atoms with Crippen LogP contribution in [-0.4, -0.2) is 24.9 Å². The molecule has 0 aromatic rings. The van der Waals surface area contributed by atoms with Gasteiger partial charge in [-0.3, -0.25) is 9.59 Å². The number of nitrogens with one attached hydrogen (secondary N) is 2. The van der Waals surface area contributed by atoms with Crippen LogP contribution in [0, 0.1) is 16.7 Å². The lowest BCUT2D eigenvalue weighted by atomic mass is 9.74. The molecule has 130 valence electrons. The van der Waals surface area contributed by atoms with Crippen LogP contribution in [0.5, 0.6) is 0 Å². The van der Waals surface area contributed by atoms with Crippen LogP contribution in [0.1, 0.15) is 74.1 Å². The summed E-state index contributed by atoms with van der Waals surface area (Å²) >= 11 is 0. The Labute approximate surface area is 136 Å². The van der Waals surface area contributed by atoms with E-state index >= 15 is 0 Å². The summed E-state index contributed by atoms with van der Waals surface area (Å²) in [7, 11) is 1.70. The van der Waals surface area contributed by atoms with E-state index < -0.39 is 0 Å². The third-order valence-corrected chi connectivity index (χ3v) is 4.65. The Balaban J connectivity index is 4.69. The van der Waals surface area contributed by atoms with Crippen LogP contribution in [0.3, 0.4) is 0 Å². The molecule has 0 saturated heterocycles. The number of rotatable bonds is 8. The third-order valence-electron chi connectivity index (χ3n) is 4.65. The van der Waals surface area contributed by atoms with Crippen molar-refractivity contribution in [3.8, 4) is 0 Å². The Hall–Kier alpha value is -1.06. The van der Waals surface area contributed by atoms with Gasteiger partial charge in [-0.25, -0.2) is 0 Å². The summed E-state index contributed by atoms with van der Waals surface area (Å²) in [4.78, 5) is 23.4. The molecule has 0 fully saturated rings. The fourth-order valence-corrected chi connectivity index (χ4v) is 3.16. The highest BCUT2D eigenvalue weighted by Crippen LogP contribution is 2.34. The highest BCUT2D eigenvalue weighted by molar-refractivity contribution is 5.79. The topological polar surface area (TPSA) is 58.2 Å². The van der Waals surface area contributed by atoms with E-state index in [4.69, 9.17) is 0 Å². The Morgan fingerprint density at radius 1 is 1.09 bits per heavy atom. The first-order chi connectivity index (χ1) is 9.95. The number of hydrogen-bond donors (Lipinski definition) is 2. The van der Waals surface area contributed by atoms with E-state index in [1.165, 1.54) is 0 Å². The van der Waals surface area contributed by atoms with Crippen molar-refractivity contribution in [3.05, 3.63) is 0 Å². The molecule has 0 aliphatic heterocycles. The standard InChI is InChI=1S/C18H36N2O2/c1-9-15(20-13(2)21)18(6,7)12-10-11-14(16(22)19-8)17(3,4)5/h14-15H,9-12H2,1-8H3,(H,19,22)(H,20,21). The minimum atomic E-state index is -0.0357. The first-order valence-electron chi connectivity index (χ1n) is 8.44. The number of carbonyl (C=O) groups excluding carboxylic acids is 2. The Morgan fingerprint density at radius 3 is 2.00 bits per heavy atom. The van der Waals surface area contributed by atoms with Gasteiger partial charge in [-0.2, -0.15) is 0 Å². The first kappa shape index (κ1) is 20.9. The molecule has 0 rings (SSSR count). The zero-order valence-electron chi connectivity index (χ0n) is 15.8. The van der Waals surface area contributed by atoms with Crippen molar-refractivity contribution < 1.29 is 9.59 Å². The van der Waals surface area contributed by atoms with Gasteiger partial charge < -0.3 is 10.6 Å². The van der Waals surface area contributed by atoms with E-state index in [0.717, 1.165) is 25.7 Å². The highest BCUT2D eigenvalue weighted by Gasteiger charge is 2.32. The molecule has 0 bridgehead atoms. The van der Waals surface area contributed by atoms with Gasteiger partial charge in [0.2, 0.25) is 11.8 Å². The van der Waals surface area contributed by atoms with Gasteiger partial charge in [-0.05, 0) is 30.1 Å². The molecule has 2 amide bonds. The van der Waals surface area contributed by atoms with Gasteiger partial charge in [0.25, 0.3) is 0 Å². The zero-order chi connectivity index (χ0) is 17.6. The maximum atomic E-state index is 12.1. The molecule has 4 heteroatoms. The number of hydrogen-bond acceptors (Lipinski definition) is 2. The van der Waals surface area contributed by atoms with E-state index in [0.29, 0.717) is 0 Å². The summed E-state index contributed by atoms with van der Waals surface area (Å²) in [6.45, 7) is 14.4. The smallest absolute Gasteiger partial charge is 0.223 e. The van der Waals surface area contributed by atoms with Crippen LogP contribution < -0.4 is 10.6 Å². The second kappa shape index (κ2) is 8.54. The molecular formula is C18H36N2O2. The van der Waals surface area contributed by atoms with Crippen molar-refractivity contribution in [1.82, 2.24) is 10.6 Å². The number of carbonyl (C=O) groups is 2. The van der Waals surface area contributed by atoms with Crippen molar-refractivity contribution >= 4 is 11.8 Å². The van der Waals surface area contributed by atoms with Crippen molar-refractivity contribution in [2.24, 2.45) is 16.7 Å². The van der Waals surface area contributed by atoms with Crippen molar-refractivity contribution in [1.29, 1.82) is 0 Å². The normalized spacial score (nSPS) is 15.1. The molecule has 0 radical (unpaired) electrons. The summed E-state index contributed by atoms with van der Waals surface area (Å²) in [5.74, 6) is 0.172. The second-order valence-electron chi connectivity index (χ2n) is 8.08. The van der Waals surface area contributed by atoms with Crippen LogP contribution in [0.4, 0.5) is 0 Å². The lowest BCUT2D eigenvalue weighted by Gasteiger charge is -2.35. The van der Waals surface area contributed by atoms with E-state index in [9.17, 15) is 9.59 Å². The fraction of sp³-hybridized carbons (Fsp3) is 0.889. The van der Waals surface area contributed by atoms with Gasteiger partial charge in [-0.1, -0.05) is 48.0 Å². The molecule has 2 unspecified atom stereocenters. The zero-order valence-corrected chi connectivity index (χ0v) is 15.8. The fourth-order valence-electron chi connectivity index (χ4n) is 3.16. The predicted molar refractivity (Wildman–Crippen MR) is 92.5 cm³/mol. The third kappa shape index (κ3) is 6.80. The van der Waals surface area contributed by atoms with Crippen LogP contribution in [0.15, 0.2) is 0 Å². The summed E-state index contributed by atoms with van der Waals surface area (Å²) in [5, 5.41) is 5.84. The predicted octanol–water partition coefficient (Wildman–Crippen LogP) is 3.51. The molecule has 0 aliphatic rings. The molecule has 0 aromatic carbocycles. The molecule has 2 N–H and O–H groups in total.